The van der Waals surface area contributed by atoms with Crippen LogP contribution >= 0.6 is 0 Å². The third-order valence-corrected chi connectivity index (χ3v) is 4.79. The average molecular weight is 420 g/mol. The van der Waals surface area contributed by atoms with E-state index in [1.54, 1.807) is 37.3 Å². The summed E-state index contributed by atoms with van der Waals surface area (Å²) in [4.78, 5) is 25.6. The minimum absolute atomic E-state index is 0.257. The van der Waals surface area contributed by atoms with Gasteiger partial charge in [-0.2, -0.15) is 0 Å². The van der Waals surface area contributed by atoms with E-state index < -0.39 is 0 Å². The van der Waals surface area contributed by atoms with Crippen molar-refractivity contribution >= 4 is 23.2 Å². The molecule has 0 aromatic heterocycles. The van der Waals surface area contributed by atoms with Crippen molar-refractivity contribution in [1.82, 2.24) is 0 Å². The summed E-state index contributed by atoms with van der Waals surface area (Å²) in [7, 11) is 4.46. The molecule has 31 heavy (non-hydrogen) atoms. The number of ether oxygens (including phenoxy) is 3. The highest BCUT2D eigenvalue weighted by Gasteiger charge is 2.19. The molecule has 0 atom stereocenters. The Morgan fingerprint density at radius 1 is 0.742 bits per heavy atom. The average Bonchev–Trinajstić information content (AvgIpc) is 2.79. The van der Waals surface area contributed by atoms with E-state index in [-0.39, 0.29) is 11.8 Å². The first kappa shape index (κ1) is 21.7. The Hall–Kier alpha value is -4.00. The summed E-state index contributed by atoms with van der Waals surface area (Å²) in [6.07, 6.45) is 0. The maximum Gasteiger partial charge on any atom is 0.256 e. The lowest BCUT2D eigenvalue weighted by Gasteiger charge is -2.15. The van der Waals surface area contributed by atoms with Gasteiger partial charge in [-0.25, -0.2) is 0 Å². The molecule has 0 saturated heterocycles. The SMILES string of the molecule is COc1cc(C(=O)Nc2cccc(C(=O)Nc3ccccc3)c2C)cc(OC)c1OC. The van der Waals surface area contributed by atoms with Crippen LogP contribution in [-0.4, -0.2) is 33.1 Å². The molecule has 7 heteroatoms. The second kappa shape index (κ2) is 9.67. The molecule has 160 valence electrons. The topological polar surface area (TPSA) is 85.9 Å². The number of rotatable bonds is 7. The zero-order valence-corrected chi connectivity index (χ0v) is 17.8. The summed E-state index contributed by atoms with van der Waals surface area (Å²) in [6, 6.07) is 17.5. The van der Waals surface area contributed by atoms with Gasteiger partial charge in [0.15, 0.2) is 11.5 Å². The van der Waals surface area contributed by atoms with E-state index in [9.17, 15) is 9.59 Å². The number of methoxy groups -OCH3 is 3. The van der Waals surface area contributed by atoms with Gasteiger partial charge in [-0.3, -0.25) is 9.59 Å². The van der Waals surface area contributed by atoms with Gasteiger partial charge in [-0.15, -0.1) is 0 Å². The molecule has 0 aliphatic rings. The lowest BCUT2D eigenvalue weighted by molar-refractivity contribution is 0.101. The van der Waals surface area contributed by atoms with Gasteiger partial charge in [-0.1, -0.05) is 24.3 Å². The molecule has 0 aliphatic carbocycles. The van der Waals surface area contributed by atoms with Crippen molar-refractivity contribution in [2.45, 2.75) is 6.92 Å². The van der Waals surface area contributed by atoms with E-state index in [0.717, 1.165) is 0 Å². The van der Waals surface area contributed by atoms with E-state index in [1.165, 1.54) is 21.3 Å². The minimum Gasteiger partial charge on any atom is -0.493 e. The number of anilines is 2. The van der Waals surface area contributed by atoms with Crippen molar-refractivity contribution < 1.29 is 23.8 Å². The quantitative estimate of drug-likeness (QED) is 0.587. The van der Waals surface area contributed by atoms with Gasteiger partial charge in [0.2, 0.25) is 5.75 Å². The Morgan fingerprint density at radius 3 is 1.97 bits per heavy atom. The summed E-state index contributed by atoms with van der Waals surface area (Å²) in [5.41, 5.74) is 2.66. The number of para-hydroxylation sites is 1. The van der Waals surface area contributed by atoms with Crippen LogP contribution in [0.15, 0.2) is 60.7 Å². The lowest BCUT2D eigenvalue weighted by atomic mass is 10.1. The third kappa shape index (κ3) is 4.78. The third-order valence-electron chi connectivity index (χ3n) is 4.79. The number of hydrogen-bond acceptors (Lipinski definition) is 5. The number of hydrogen-bond donors (Lipinski definition) is 2. The van der Waals surface area contributed by atoms with Gasteiger partial charge < -0.3 is 24.8 Å². The van der Waals surface area contributed by atoms with Crippen LogP contribution in [0.1, 0.15) is 26.3 Å². The smallest absolute Gasteiger partial charge is 0.256 e. The van der Waals surface area contributed by atoms with Crippen LogP contribution in [0.4, 0.5) is 11.4 Å². The van der Waals surface area contributed by atoms with Gasteiger partial charge in [0.1, 0.15) is 0 Å². The van der Waals surface area contributed by atoms with Gasteiger partial charge in [0, 0.05) is 22.5 Å². The number of carbonyl (C=O) groups is 2. The van der Waals surface area contributed by atoms with E-state index in [2.05, 4.69) is 10.6 Å². The largest absolute Gasteiger partial charge is 0.493 e. The maximum absolute atomic E-state index is 12.9. The molecule has 2 N–H and O–H groups in total. The normalized spacial score (nSPS) is 10.2. The summed E-state index contributed by atoms with van der Waals surface area (Å²) in [5, 5.41) is 5.71. The van der Waals surface area contributed by atoms with Gasteiger partial charge in [0.25, 0.3) is 11.8 Å². The molecular weight excluding hydrogens is 396 g/mol. The van der Waals surface area contributed by atoms with Gasteiger partial charge >= 0.3 is 0 Å². The highest BCUT2D eigenvalue weighted by atomic mass is 16.5. The summed E-state index contributed by atoms with van der Waals surface area (Å²) < 4.78 is 15.9. The van der Waals surface area contributed by atoms with E-state index in [1.807, 2.05) is 30.3 Å². The molecule has 0 spiro atoms. The second-order valence-electron chi connectivity index (χ2n) is 6.67. The Bertz CT molecular complexity index is 1070. The van der Waals surface area contributed by atoms with Crippen LogP contribution in [0.5, 0.6) is 17.2 Å². The highest BCUT2D eigenvalue weighted by molar-refractivity contribution is 6.09. The number of amides is 2. The Balaban J connectivity index is 1.86. The predicted octanol–water partition coefficient (Wildman–Crippen LogP) is 4.53. The van der Waals surface area contributed by atoms with Crippen LogP contribution in [0.2, 0.25) is 0 Å². The van der Waals surface area contributed by atoms with Crippen LogP contribution in [-0.2, 0) is 0 Å². The molecule has 0 bridgehead atoms. The summed E-state index contributed by atoms with van der Waals surface area (Å²) >= 11 is 0. The van der Waals surface area contributed by atoms with Crippen LogP contribution in [0.25, 0.3) is 0 Å². The lowest BCUT2D eigenvalue weighted by Crippen LogP contribution is -2.17. The predicted molar refractivity (Wildman–Crippen MR) is 120 cm³/mol. The zero-order valence-electron chi connectivity index (χ0n) is 17.8. The molecule has 0 saturated carbocycles. The first-order valence-electron chi connectivity index (χ1n) is 9.55. The first-order chi connectivity index (χ1) is 15.0. The fraction of sp³-hybridized carbons (Fsp3) is 0.167. The van der Waals surface area contributed by atoms with Crippen molar-refractivity contribution in [2.75, 3.05) is 32.0 Å². The molecule has 3 rings (SSSR count). The van der Waals surface area contributed by atoms with E-state index >= 15 is 0 Å². The van der Waals surface area contributed by atoms with Crippen molar-refractivity contribution in [3.8, 4) is 17.2 Å². The van der Waals surface area contributed by atoms with Crippen molar-refractivity contribution in [3.05, 3.63) is 77.4 Å². The molecule has 3 aromatic carbocycles. The minimum atomic E-state index is -0.372. The second-order valence-corrected chi connectivity index (χ2v) is 6.67. The van der Waals surface area contributed by atoms with E-state index in [4.69, 9.17) is 14.2 Å². The first-order valence-corrected chi connectivity index (χ1v) is 9.55. The van der Waals surface area contributed by atoms with Crippen molar-refractivity contribution in [3.63, 3.8) is 0 Å². The number of benzene rings is 3. The molecule has 0 heterocycles. The van der Waals surface area contributed by atoms with Crippen LogP contribution in [0, 0.1) is 6.92 Å². The fourth-order valence-corrected chi connectivity index (χ4v) is 3.14. The molecular formula is C24H24N2O5. The Morgan fingerprint density at radius 2 is 1.39 bits per heavy atom. The molecule has 3 aromatic rings. The monoisotopic (exact) mass is 420 g/mol. The molecule has 2 amide bonds. The summed E-state index contributed by atoms with van der Waals surface area (Å²) in [5.74, 6) is 0.521. The molecule has 0 aliphatic heterocycles. The van der Waals surface area contributed by atoms with E-state index in [0.29, 0.717) is 45.3 Å². The summed E-state index contributed by atoms with van der Waals surface area (Å²) in [6.45, 7) is 1.78. The fourth-order valence-electron chi connectivity index (χ4n) is 3.14. The van der Waals surface area contributed by atoms with Crippen molar-refractivity contribution in [1.29, 1.82) is 0 Å². The molecule has 7 nitrogen and oxygen atoms in total. The van der Waals surface area contributed by atoms with Crippen molar-refractivity contribution in [2.24, 2.45) is 0 Å². The van der Waals surface area contributed by atoms with Gasteiger partial charge in [-0.05, 0) is 48.9 Å². The molecule has 0 unspecified atom stereocenters. The standard InChI is InChI=1S/C24H24N2O5/c1-15-18(24(28)25-17-9-6-5-7-10-17)11-8-12-19(15)26-23(27)16-13-20(29-2)22(31-4)21(14-16)30-3/h5-14H,1-4H3,(H,25,28)(H,26,27). The molecule has 0 radical (unpaired) electrons. The highest BCUT2D eigenvalue weighted by Crippen LogP contribution is 2.38. The van der Waals surface area contributed by atoms with Crippen LogP contribution < -0.4 is 24.8 Å². The van der Waals surface area contributed by atoms with Crippen LogP contribution in [0.3, 0.4) is 0 Å². The number of carbonyl (C=O) groups excluding carboxylic acids is 2. The Kier molecular flexibility index (Phi) is 6.77. The Labute approximate surface area is 180 Å². The van der Waals surface area contributed by atoms with Gasteiger partial charge in [0.05, 0.1) is 21.3 Å². The molecule has 0 fully saturated rings. The maximum atomic E-state index is 12.9. The number of nitrogens with one attached hydrogen (secondary N) is 2. The zero-order chi connectivity index (χ0) is 22.4.